The fraction of sp³-hybridized carbons (Fsp3) is 0.308. The summed E-state index contributed by atoms with van der Waals surface area (Å²) in [4.78, 5) is 0. The number of hydrogen-bond acceptors (Lipinski definition) is 3. The van der Waals surface area contributed by atoms with Crippen molar-refractivity contribution in [2.24, 2.45) is 12.9 Å². The van der Waals surface area contributed by atoms with Crippen LogP contribution in [0.15, 0.2) is 27.1 Å². The number of hydrogen-bond donors (Lipinski definition) is 2. The van der Waals surface area contributed by atoms with Gasteiger partial charge in [0.05, 0.1) is 21.9 Å². The normalized spacial score (nSPS) is 12.7. The molecule has 2 aromatic rings. The van der Waals surface area contributed by atoms with E-state index in [0.717, 1.165) is 15.9 Å². The van der Waals surface area contributed by atoms with Gasteiger partial charge in [0.15, 0.2) is 0 Å². The molecule has 1 aromatic heterocycles. The summed E-state index contributed by atoms with van der Waals surface area (Å²) in [6.45, 7) is 1.91. The third kappa shape index (κ3) is 2.95. The van der Waals surface area contributed by atoms with Crippen molar-refractivity contribution in [3.8, 4) is 0 Å². The summed E-state index contributed by atoms with van der Waals surface area (Å²) < 4.78 is 17.4. The van der Waals surface area contributed by atoms with Crippen molar-refractivity contribution in [1.82, 2.24) is 15.2 Å². The van der Waals surface area contributed by atoms with Gasteiger partial charge in [-0.1, -0.05) is 22.0 Å². The van der Waals surface area contributed by atoms with Gasteiger partial charge in [0.1, 0.15) is 5.82 Å². The Hall–Kier alpha value is -0.760. The molecule has 0 saturated heterocycles. The molecule has 7 heteroatoms. The maximum absolute atomic E-state index is 14.0. The zero-order valence-corrected chi connectivity index (χ0v) is 14.3. The predicted octanol–water partition coefficient (Wildman–Crippen LogP) is 3.14. The van der Waals surface area contributed by atoms with Gasteiger partial charge in [0.25, 0.3) is 0 Å². The van der Waals surface area contributed by atoms with Crippen LogP contribution < -0.4 is 11.3 Å². The van der Waals surface area contributed by atoms with Crippen LogP contribution in [0.1, 0.15) is 23.0 Å². The van der Waals surface area contributed by atoms with Crippen LogP contribution in [0.5, 0.6) is 0 Å². The second-order valence-corrected chi connectivity index (χ2v) is 6.18. The number of nitrogens with zero attached hydrogens (tertiary/aromatic N) is 2. The van der Waals surface area contributed by atoms with Crippen LogP contribution in [0.2, 0.25) is 0 Å². The molecule has 20 heavy (non-hydrogen) atoms. The summed E-state index contributed by atoms with van der Waals surface area (Å²) in [5.74, 6) is 5.32. The Kier molecular flexibility index (Phi) is 4.95. The van der Waals surface area contributed by atoms with Crippen LogP contribution in [-0.2, 0) is 13.5 Å². The van der Waals surface area contributed by atoms with Gasteiger partial charge >= 0.3 is 0 Å². The minimum Gasteiger partial charge on any atom is -0.271 e. The highest BCUT2D eigenvalue weighted by Gasteiger charge is 2.21. The number of nitrogens with two attached hydrogens (primary N) is 1. The fourth-order valence-corrected chi connectivity index (χ4v) is 3.30. The van der Waals surface area contributed by atoms with Gasteiger partial charge in [0, 0.05) is 23.5 Å². The van der Waals surface area contributed by atoms with E-state index in [2.05, 4.69) is 42.4 Å². The third-order valence-corrected chi connectivity index (χ3v) is 4.93. The van der Waals surface area contributed by atoms with Gasteiger partial charge in [-0.05, 0) is 35.0 Å². The van der Waals surface area contributed by atoms with Crippen LogP contribution in [-0.4, -0.2) is 9.78 Å². The second-order valence-electron chi connectivity index (χ2n) is 4.53. The summed E-state index contributed by atoms with van der Waals surface area (Å²) >= 11 is 6.89. The van der Waals surface area contributed by atoms with Gasteiger partial charge in [-0.25, -0.2) is 4.39 Å². The summed E-state index contributed by atoms with van der Waals surface area (Å²) in [6, 6.07) is 4.53. The van der Waals surface area contributed by atoms with Gasteiger partial charge < -0.3 is 0 Å². The number of benzene rings is 1. The molecule has 0 aliphatic rings. The molecule has 2 rings (SSSR count). The molecular formula is C13H15Br2FN4. The Morgan fingerprint density at radius 2 is 2.15 bits per heavy atom. The molecule has 1 aromatic carbocycles. The first-order chi connectivity index (χ1) is 9.45. The van der Waals surface area contributed by atoms with Crippen molar-refractivity contribution >= 4 is 31.9 Å². The predicted molar refractivity (Wildman–Crippen MR) is 83.5 cm³/mol. The lowest BCUT2D eigenvalue weighted by atomic mass is 10.0. The smallest absolute Gasteiger partial charge is 0.129 e. The van der Waals surface area contributed by atoms with Crippen molar-refractivity contribution in [2.75, 3.05) is 0 Å². The Balaban J connectivity index is 2.39. The van der Waals surface area contributed by atoms with E-state index < -0.39 is 0 Å². The molecule has 0 aliphatic carbocycles. The molecule has 4 nitrogen and oxygen atoms in total. The molecule has 1 unspecified atom stereocenters. The molecular weight excluding hydrogens is 391 g/mol. The van der Waals surface area contributed by atoms with Crippen LogP contribution in [0.3, 0.4) is 0 Å². The molecule has 0 amide bonds. The average molecular weight is 406 g/mol. The molecule has 0 spiro atoms. The van der Waals surface area contributed by atoms with Crippen molar-refractivity contribution in [3.63, 3.8) is 0 Å². The number of rotatable bonds is 4. The van der Waals surface area contributed by atoms with Crippen LogP contribution in [0.4, 0.5) is 4.39 Å². The number of hydrazine groups is 1. The SMILES string of the molecule is Cc1nn(C)c(CC(NN)c2c(F)cccc2Br)c1Br. The number of aromatic nitrogens is 2. The molecule has 108 valence electrons. The van der Waals surface area contributed by atoms with E-state index in [1.54, 1.807) is 16.8 Å². The van der Waals surface area contributed by atoms with Crippen LogP contribution in [0, 0.1) is 12.7 Å². The zero-order chi connectivity index (χ0) is 14.9. The topological polar surface area (TPSA) is 55.9 Å². The van der Waals surface area contributed by atoms with E-state index in [1.807, 2.05) is 14.0 Å². The largest absolute Gasteiger partial charge is 0.271 e. The molecule has 1 atom stereocenters. The Labute approximate surface area is 133 Å². The molecule has 3 N–H and O–H groups in total. The standard InChI is InChI=1S/C13H15Br2FN4/c1-7-13(15)11(20(2)19-7)6-10(18-17)12-8(14)4-3-5-9(12)16/h3-5,10,18H,6,17H2,1-2H3. The molecule has 0 saturated carbocycles. The van der Waals surface area contributed by atoms with E-state index in [4.69, 9.17) is 5.84 Å². The maximum atomic E-state index is 14.0. The number of halogens is 3. The van der Waals surface area contributed by atoms with E-state index in [9.17, 15) is 4.39 Å². The van der Waals surface area contributed by atoms with Crippen molar-refractivity contribution < 1.29 is 4.39 Å². The molecule has 0 aliphatic heterocycles. The third-order valence-electron chi connectivity index (χ3n) is 3.21. The first-order valence-electron chi connectivity index (χ1n) is 6.03. The first-order valence-corrected chi connectivity index (χ1v) is 7.62. The Morgan fingerprint density at radius 3 is 2.65 bits per heavy atom. The summed E-state index contributed by atoms with van der Waals surface area (Å²) in [5.41, 5.74) is 5.05. The fourth-order valence-electron chi connectivity index (χ4n) is 2.18. The average Bonchev–Trinajstić information content (AvgIpc) is 2.63. The highest BCUT2D eigenvalue weighted by molar-refractivity contribution is 9.10. The van der Waals surface area contributed by atoms with E-state index in [0.29, 0.717) is 16.5 Å². The highest BCUT2D eigenvalue weighted by Crippen LogP contribution is 2.30. The lowest BCUT2D eigenvalue weighted by Gasteiger charge is -2.19. The minimum atomic E-state index is -0.350. The maximum Gasteiger partial charge on any atom is 0.129 e. The molecule has 1 heterocycles. The van der Waals surface area contributed by atoms with Gasteiger partial charge in [-0.15, -0.1) is 0 Å². The van der Waals surface area contributed by atoms with Crippen LogP contribution >= 0.6 is 31.9 Å². The van der Waals surface area contributed by atoms with E-state index in [-0.39, 0.29) is 11.9 Å². The summed E-state index contributed by atoms with van der Waals surface area (Å²) in [7, 11) is 1.86. The van der Waals surface area contributed by atoms with E-state index >= 15 is 0 Å². The van der Waals surface area contributed by atoms with E-state index in [1.165, 1.54) is 6.07 Å². The molecule has 0 fully saturated rings. The lowest BCUT2D eigenvalue weighted by Crippen LogP contribution is -2.31. The Bertz CT molecular complexity index is 607. The van der Waals surface area contributed by atoms with Crippen molar-refractivity contribution in [1.29, 1.82) is 0 Å². The number of aryl methyl sites for hydroxylation is 2. The minimum absolute atomic E-state index is 0.294. The van der Waals surface area contributed by atoms with Gasteiger partial charge in [-0.2, -0.15) is 5.10 Å². The van der Waals surface area contributed by atoms with Gasteiger partial charge in [-0.3, -0.25) is 16.0 Å². The monoisotopic (exact) mass is 404 g/mol. The van der Waals surface area contributed by atoms with Crippen molar-refractivity contribution in [2.45, 2.75) is 19.4 Å². The quantitative estimate of drug-likeness (QED) is 0.606. The molecule has 0 bridgehead atoms. The lowest BCUT2D eigenvalue weighted by molar-refractivity contribution is 0.494. The van der Waals surface area contributed by atoms with Crippen LogP contribution in [0.25, 0.3) is 0 Å². The Morgan fingerprint density at radius 1 is 1.45 bits per heavy atom. The first kappa shape index (κ1) is 15.6. The molecule has 0 radical (unpaired) electrons. The van der Waals surface area contributed by atoms with Crippen molar-refractivity contribution in [3.05, 3.63) is 49.9 Å². The zero-order valence-electron chi connectivity index (χ0n) is 11.1. The number of nitrogens with one attached hydrogen (secondary N) is 1. The van der Waals surface area contributed by atoms with Gasteiger partial charge in [0.2, 0.25) is 0 Å². The summed E-state index contributed by atoms with van der Waals surface area (Å²) in [6.07, 6.45) is 0.522. The summed E-state index contributed by atoms with van der Waals surface area (Å²) in [5, 5.41) is 4.33. The highest BCUT2D eigenvalue weighted by atomic mass is 79.9. The second kappa shape index (κ2) is 6.34.